The summed E-state index contributed by atoms with van der Waals surface area (Å²) in [4.78, 5) is 55.3. The summed E-state index contributed by atoms with van der Waals surface area (Å²) in [6.07, 6.45) is -2.90. The quantitative estimate of drug-likeness (QED) is 0.216. The minimum atomic E-state index is -1.25. The van der Waals surface area contributed by atoms with E-state index in [0.717, 1.165) is 14.2 Å². The third kappa shape index (κ3) is 8.44. The van der Waals surface area contributed by atoms with Crippen molar-refractivity contribution in [2.75, 3.05) is 28.4 Å². The molecule has 0 aromatic carbocycles. The fraction of sp³-hybridized carbons (Fsp3) is 0.714. The molecule has 0 N–H and O–H groups in total. The molecule has 0 aromatic heterocycles. The maximum Gasteiger partial charge on any atom is 0.338 e. The van der Waals surface area contributed by atoms with Gasteiger partial charge in [-0.3, -0.25) is 9.59 Å². The summed E-state index contributed by atoms with van der Waals surface area (Å²) >= 11 is 0. The van der Waals surface area contributed by atoms with Crippen LogP contribution in [0.4, 0.5) is 0 Å². The molecule has 138 valence electrons. The Balaban J connectivity index is 4.70. The Hall–Kier alpha value is -2.20. The van der Waals surface area contributed by atoms with Crippen molar-refractivity contribution < 1.29 is 47.9 Å². The van der Waals surface area contributed by atoms with E-state index in [4.69, 9.17) is 9.78 Å². The Morgan fingerprint density at radius 3 is 1.21 bits per heavy atom. The number of rotatable bonds is 11. The third-order valence-electron chi connectivity index (χ3n) is 2.89. The van der Waals surface area contributed by atoms with Gasteiger partial charge >= 0.3 is 23.9 Å². The van der Waals surface area contributed by atoms with Crippen molar-refractivity contribution in [2.24, 2.45) is 0 Å². The molecule has 0 saturated carbocycles. The number of carbonyl (C=O) groups excluding carboxylic acids is 4. The molecule has 0 heterocycles. The van der Waals surface area contributed by atoms with Crippen molar-refractivity contribution >= 4 is 23.9 Å². The molecule has 2 unspecified atom stereocenters. The summed E-state index contributed by atoms with van der Waals surface area (Å²) in [5, 5.41) is 0. The molecule has 10 heteroatoms. The van der Waals surface area contributed by atoms with Crippen LogP contribution in [-0.2, 0) is 47.9 Å². The van der Waals surface area contributed by atoms with Gasteiger partial charge in [0.1, 0.15) is 0 Å². The van der Waals surface area contributed by atoms with Gasteiger partial charge in [0, 0.05) is 12.8 Å². The molecule has 0 aliphatic rings. The van der Waals surface area contributed by atoms with Gasteiger partial charge in [0.05, 0.1) is 28.4 Å². The van der Waals surface area contributed by atoms with Crippen LogP contribution in [0.1, 0.15) is 25.7 Å². The summed E-state index contributed by atoms with van der Waals surface area (Å²) in [7, 11) is 4.66. The first-order valence-electron chi connectivity index (χ1n) is 7.01. The number of hydrogen-bond acceptors (Lipinski definition) is 10. The maximum atomic E-state index is 11.6. The molecule has 0 aliphatic carbocycles. The molecule has 0 rings (SSSR count). The molecule has 0 amide bonds. The van der Waals surface area contributed by atoms with Crippen LogP contribution in [0.25, 0.3) is 0 Å². The van der Waals surface area contributed by atoms with Gasteiger partial charge in [-0.15, -0.1) is 0 Å². The minimum absolute atomic E-state index is 0.0791. The van der Waals surface area contributed by atoms with E-state index in [1.807, 2.05) is 0 Å². The molecule has 0 spiro atoms. The van der Waals surface area contributed by atoms with E-state index in [-0.39, 0.29) is 25.7 Å². The highest BCUT2D eigenvalue weighted by Gasteiger charge is 2.28. The zero-order chi connectivity index (χ0) is 18.5. The highest BCUT2D eigenvalue weighted by Crippen LogP contribution is 2.12. The largest absolute Gasteiger partial charge is 0.469 e. The molecule has 0 saturated heterocycles. The summed E-state index contributed by atoms with van der Waals surface area (Å²) in [6.45, 7) is 0. The van der Waals surface area contributed by atoms with Crippen LogP contribution in [0, 0.1) is 0 Å². The monoisotopic (exact) mass is 350 g/mol. The fourth-order valence-electron chi connectivity index (χ4n) is 1.51. The number of ether oxygens (including phenoxy) is 4. The molecule has 0 radical (unpaired) electrons. The van der Waals surface area contributed by atoms with Crippen LogP contribution in [0.5, 0.6) is 0 Å². The second-order valence-corrected chi connectivity index (χ2v) is 4.45. The predicted molar refractivity (Wildman–Crippen MR) is 76.3 cm³/mol. The van der Waals surface area contributed by atoms with E-state index >= 15 is 0 Å². The number of methoxy groups -OCH3 is 4. The fourth-order valence-corrected chi connectivity index (χ4v) is 1.51. The summed E-state index contributed by atoms with van der Waals surface area (Å²) < 4.78 is 18.0. The van der Waals surface area contributed by atoms with Crippen molar-refractivity contribution in [1.82, 2.24) is 0 Å². The van der Waals surface area contributed by atoms with E-state index in [9.17, 15) is 19.2 Å². The molecule has 0 fully saturated rings. The first-order chi connectivity index (χ1) is 11.4. The molecule has 24 heavy (non-hydrogen) atoms. The van der Waals surface area contributed by atoms with Crippen molar-refractivity contribution in [3.8, 4) is 0 Å². The van der Waals surface area contributed by atoms with Crippen molar-refractivity contribution in [1.29, 1.82) is 0 Å². The Kier molecular flexibility index (Phi) is 11.1. The normalized spacial score (nSPS) is 12.7. The van der Waals surface area contributed by atoms with Crippen LogP contribution in [-0.4, -0.2) is 64.5 Å². The third-order valence-corrected chi connectivity index (χ3v) is 2.89. The highest BCUT2D eigenvalue weighted by molar-refractivity contribution is 5.77. The van der Waals surface area contributed by atoms with Gasteiger partial charge < -0.3 is 18.9 Å². The molecule has 0 aliphatic heterocycles. The average molecular weight is 350 g/mol. The molecule has 10 nitrogen and oxygen atoms in total. The van der Waals surface area contributed by atoms with E-state index in [0.29, 0.717) is 0 Å². The number of hydrogen-bond donors (Lipinski definition) is 0. The van der Waals surface area contributed by atoms with Gasteiger partial charge in [0.15, 0.2) is 12.2 Å². The molecule has 2 atom stereocenters. The maximum absolute atomic E-state index is 11.6. The second-order valence-electron chi connectivity index (χ2n) is 4.45. The smallest absolute Gasteiger partial charge is 0.338 e. The predicted octanol–water partition coefficient (Wildman–Crippen LogP) is -0.0758. The van der Waals surface area contributed by atoms with Gasteiger partial charge in [-0.1, -0.05) is 0 Å². The van der Waals surface area contributed by atoms with Crippen LogP contribution >= 0.6 is 0 Å². The van der Waals surface area contributed by atoms with Crippen LogP contribution < -0.4 is 0 Å². The highest BCUT2D eigenvalue weighted by atomic mass is 17.2. The van der Waals surface area contributed by atoms with Crippen molar-refractivity contribution in [2.45, 2.75) is 37.9 Å². The molecular weight excluding hydrogens is 328 g/mol. The summed E-state index contributed by atoms with van der Waals surface area (Å²) in [5.74, 6) is -2.70. The standard InChI is InChI=1S/C14H22O10/c1-19-11(15)7-5-9(13(17)21-3)23-24-10(14(18)22-4)6-8-12(16)20-2/h9-10H,5-8H2,1-4H3. The topological polar surface area (TPSA) is 124 Å². The lowest BCUT2D eigenvalue weighted by molar-refractivity contribution is -0.343. The van der Waals surface area contributed by atoms with Gasteiger partial charge in [0.2, 0.25) is 0 Å². The zero-order valence-electron chi connectivity index (χ0n) is 14.1. The number of carbonyl (C=O) groups is 4. The van der Waals surface area contributed by atoms with Gasteiger partial charge in [-0.05, 0) is 12.8 Å². The SMILES string of the molecule is COC(=O)CCC(OOC(CCC(=O)OC)C(=O)OC)C(=O)OC. The Morgan fingerprint density at radius 1 is 0.625 bits per heavy atom. The van der Waals surface area contributed by atoms with Crippen molar-refractivity contribution in [3.05, 3.63) is 0 Å². The van der Waals surface area contributed by atoms with Crippen LogP contribution in [0.15, 0.2) is 0 Å². The first kappa shape index (κ1) is 21.8. The van der Waals surface area contributed by atoms with E-state index < -0.39 is 36.1 Å². The van der Waals surface area contributed by atoms with E-state index in [1.54, 1.807) is 0 Å². The lowest BCUT2D eigenvalue weighted by Gasteiger charge is -2.18. The number of esters is 4. The van der Waals surface area contributed by atoms with Gasteiger partial charge in [-0.25, -0.2) is 19.4 Å². The van der Waals surface area contributed by atoms with Crippen LogP contribution in [0.2, 0.25) is 0 Å². The Morgan fingerprint density at radius 2 is 0.958 bits per heavy atom. The molecular formula is C14H22O10. The summed E-state index contributed by atoms with van der Waals surface area (Å²) in [5.41, 5.74) is 0. The summed E-state index contributed by atoms with van der Waals surface area (Å²) in [6, 6.07) is 0. The zero-order valence-corrected chi connectivity index (χ0v) is 14.1. The minimum Gasteiger partial charge on any atom is -0.469 e. The van der Waals surface area contributed by atoms with Crippen molar-refractivity contribution in [3.63, 3.8) is 0 Å². The molecule has 0 aromatic rings. The van der Waals surface area contributed by atoms with E-state index in [2.05, 4.69) is 18.9 Å². The molecule has 0 bridgehead atoms. The van der Waals surface area contributed by atoms with E-state index in [1.165, 1.54) is 14.2 Å². The van der Waals surface area contributed by atoms with Gasteiger partial charge in [-0.2, -0.15) is 0 Å². The van der Waals surface area contributed by atoms with Crippen LogP contribution in [0.3, 0.4) is 0 Å². The lowest BCUT2D eigenvalue weighted by Crippen LogP contribution is -2.33. The first-order valence-corrected chi connectivity index (χ1v) is 7.01. The Labute approximate surface area is 139 Å². The second kappa shape index (κ2) is 12.3. The lowest BCUT2D eigenvalue weighted by atomic mass is 10.2. The average Bonchev–Trinajstić information content (AvgIpc) is 2.61. The Bertz CT molecular complexity index is 393. The van der Waals surface area contributed by atoms with Gasteiger partial charge in [0.25, 0.3) is 0 Å².